The fourth-order valence-corrected chi connectivity index (χ4v) is 3.44. The highest BCUT2D eigenvalue weighted by molar-refractivity contribution is 6.46. The van der Waals surface area contributed by atoms with Gasteiger partial charge in [-0.2, -0.15) is 0 Å². The Morgan fingerprint density at radius 1 is 1.17 bits per heavy atom. The van der Waals surface area contributed by atoms with Crippen LogP contribution in [0.4, 0.5) is 4.39 Å². The normalized spacial score (nSPS) is 18.3. The second-order valence-electron chi connectivity index (χ2n) is 7.17. The number of methoxy groups -OCH3 is 1. The van der Waals surface area contributed by atoms with E-state index in [1.165, 1.54) is 30.2 Å². The van der Waals surface area contributed by atoms with Gasteiger partial charge in [0.05, 0.1) is 31.4 Å². The molecule has 1 amide bonds. The molecule has 3 rings (SSSR count). The van der Waals surface area contributed by atoms with Gasteiger partial charge in [-0.1, -0.05) is 30.3 Å². The Labute approximate surface area is 174 Å². The zero-order chi connectivity index (χ0) is 21.8. The number of carbonyl (C=O) groups excluding carboxylic acids is 2. The molecule has 2 aromatic rings. The molecule has 1 fully saturated rings. The first kappa shape index (κ1) is 21.5. The van der Waals surface area contributed by atoms with Crippen LogP contribution in [0.1, 0.15) is 31.0 Å². The lowest BCUT2D eigenvalue weighted by Gasteiger charge is -2.26. The third-order valence-corrected chi connectivity index (χ3v) is 4.87. The third-order valence-electron chi connectivity index (χ3n) is 4.87. The van der Waals surface area contributed by atoms with Crippen LogP contribution in [-0.2, 0) is 14.3 Å². The fourth-order valence-electron chi connectivity index (χ4n) is 3.44. The molecule has 158 valence electrons. The fraction of sp³-hybridized carbons (Fsp3) is 0.304. The molecule has 0 aliphatic carbocycles. The molecule has 6 nitrogen and oxygen atoms in total. The number of rotatable bonds is 7. The number of aliphatic hydroxyl groups is 1. The second kappa shape index (κ2) is 9.09. The first-order valence-corrected chi connectivity index (χ1v) is 9.64. The lowest BCUT2D eigenvalue weighted by atomic mass is 9.95. The SMILES string of the molecule is COc1cccc(/C(O)=C2/C(=O)C(=O)N(CCOC(C)C)C2c2ccccc2F)c1. The van der Waals surface area contributed by atoms with Crippen molar-refractivity contribution >= 4 is 17.4 Å². The number of benzene rings is 2. The van der Waals surface area contributed by atoms with Gasteiger partial charge >= 0.3 is 0 Å². The molecule has 0 saturated carbocycles. The van der Waals surface area contributed by atoms with Gasteiger partial charge < -0.3 is 19.5 Å². The number of carbonyl (C=O) groups is 2. The monoisotopic (exact) mass is 413 g/mol. The van der Waals surface area contributed by atoms with Gasteiger partial charge in [0, 0.05) is 17.7 Å². The number of hydrogen-bond acceptors (Lipinski definition) is 5. The summed E-state index contributed by atoms with van der Waals surface area (Å²) in [5.74, 6) is -2.15. The number of amides is 1. The van der Waals surface area contributed by atoms with E-state index < -0.39 is 23.5 Å². The molecule has 1 unspecified atom stereocenters. The van der Waals surface area contributed by atoms with Gasteiger partial charge in [-0.3, -0.25) is 9.59 Å². The molecule has 1 N–H and O–H groups in total. The summed E-state index contributed by atoms with van der Waals surface area (Å²) in [4.78, 5) is 26.9. The summed E-state index contributed by atoms with van der Waals surface area (Å²) in [5.41, 5.74) is 0.265. The van der Waals surface area contributed by atoms with Crippen molar-refractivity contribution in [1.82, 2.24) is 4.90 Å². The Morgan fingerprint density at radius 3 is 2.57 bits per heavy atom. The highest BCUT2D eigenvalue weighted by Gasteiger charge is 2.46. The van der Waals surface area contributed by atoms with E-state index >= 15 is 0 Å². The minimum atomic E-state index is -1.06. The number of halogens is 1. The number of nitrogens with zero attached hydrogens (tertiary/aromatic N) is 1. The number of likely N-dealkylation sites (tertiary alicyclic amines) is 1. The Morgan fingerprint density at radius 2 is 1.90 bits per heavy atom. The zero-order valence-electron chi connectivity index (χ0n) is 17.1. The van der Waals surface area contributed by atoms with Crippen molar-refractivity contribution in [3.05, 3.63) is 71.0 Å². The maximum absolute atomic E-state index is 14.7. The van der Waals surface area contributed by atoms with Gasteiger partial charge in [0.25, 0.3) is 11.7 Å². The van der Waals surface area contributed by atoms with Gasteiger partial charge in [-0.05, 0) is 32.0 Å². The lowest BCUT2D eigenvalue weighted by Crippen LogP contribution is -2.33. The highest BCUT2D eigenvalue weighted by Crippen LogP contribution is 2.40. The number of aliphatic hydroxyl groups excluding tert-OH is 1. The summed E-state index contributed by atoms with van der Waals surface area (Å²) in [6, 6.07) is 11.3. The standard InChI is InChI=1S/C23H24FNO5/c1-14(2)30-12-11-25-20(17-9-4-5-10-18(17)24)19(22(27)23(25)28)21(26)15-7-6-8-16(13-15)29-3/h4-10,13-14,20,26H,11-12H2,1-3H3/b21-19-. The molecule has 1 heterocycles. The lowest BCUT2D eigenvalue weighted by molar-refractivity contribution is -0.140. The molecule has 1 atom stereocenters. The third kappa shape index (κ3) is 4.21. The summed E-state index contributed by atoms with van der Waals surface area (Å²) in [6.07, 6.45) is -0.0643. The van der Waals surface area contributed by atoms with Crippen LogP contribution >= 0.6 is 0 Å². The average molecular weight is 413 g/mol. The van der Waals surface area contributed by atoms with Crippen LogP contribution < -0.4 is 4.74 Å². The van der Waals surface area contributed by atoms with E-state index in [9.17, 15) is 19.1 Å². The Balaban J connectivity index is 2.12. The van der Waals surface area contributed by atoms with E-state index in [0.29, 0.717) is 11.3 Å². The Kier molecular flexibility index (Phi) is 6.52. The molecule has 0 spiro atoms. The van der Waals surface area contributed by atoms with E-state index in [4.69, 9.17) is 9.47 Å². The maximum Gasteiger partial charge on any atom is 0.295 e. The largest absolute Gasteiger partial charge is 0.507 e. The van der Waals surface area contributed by atoms with Gasteiger partial charge in [0.1, 0.15) is 17.3 Å². The predicted molar refractivity (Wildman–Crippen MR) is 109 cm³/mol. The van der Waals surface area contributed by atoms with Crippen molar-refractivity contribution < 1.29 is 28.6 Å². The van der Waals surface area contributed by atoms with Crippen LogP contribution in [0.5, 0.6) is 5.75 Å². The zero-order valence-corrected chi connectivity index (χ0v) is 17.1. The van der Waals surface area contributed by atoms with Gasteiger partial charge in [-0.15, -0.1) is 0 Å². The van der Waals surface area contributed by atoms with Crippen LogP contribution in [0.3, 0.4) is 0 Å². The van der Waals surface area contributed by atoms with Crippen LogP contribution in [0.25, 0.3) is 5.76 Å². The molecule has 30 heavy (non-hydrogen) atoms. The molecule has 0 aromatic heterocycles. The molecular weight excluding hydrogens is 389 g/mol. The van der Waals surface area contributed by atoms with Crippen LogP contribution in [0.2, 0.25) is 0 Å². The highest BCUT2D eigenvalue weighted by atomic mass is 19.1. The quantitative estimate of drug-likeness (QED) is 0.426. The molecule has 0 radical (unpaired) electrons. The number of hydrogen-bond donors (Lipinski definition) is 1. The van der Waals surface area contributed by atoms with Gasteiger partial charge in [0.2, 0.25) is 0 Å². The van der Waals surface area contributed by atoms with Crippen molar-refractivity contribution in [1.29, 1.82) is 0 Å². The molecule has 7 heteroatoms. The summed E-state index contributed by atoms with van der Waals surface area (Å²) >= 11 is 0. The van der Waals surface area contributed by atoms with Crippen molar-refractivity contribution in [3.63, 3.8) is 0 Å². The topological polar surface area (TPSA) is 76.1 Å². The molecule has 1 saturated heterocycles. The second-order valence-corrected chi connectivity index (χ2v) is 7.17. The minimum Gasteiger partial charge on any atom is -0.507 e. The minimum absolute atomic E-state index is 0.0643. The molecule has 0 bridgehead atoms. The summed E-state index contributed by atoms with van der Waals surface area (Å²) < 4.78 is 25.4. The number of ether oxygens (including phenoxy) is 2. The Bertz CT molecular complexity index is 985. The first-order valence-electron chi connectivity index (χ1n) is 9.64. The van der Waals surface area contributed by atoms with Crippen LogP contribution in [0, 0.1) is 5.82 Å². The Hall–Kier alpha value is -3.19. The van der Waals surface area contributed by atoms with Crippen molar-refractivity contribution in [2.75, 3.05) is 20.3 Å². The van der Waals surface area contributed by atoms with Crippen LogP contribution in [0.15, 0.2) is 54.1 Å². The number of Topliss-reactive ketones (excluding diaryl/α,β-unsaturated/α-hetero) is 1. The molecule has 1 aliphatic heterocycles. The summed E-state index contributed by atoms with van der Waals surface area (Å²) in [7, 11) is 1.48. The van der Waals surface area contributed by atoms with Crippen LogP contribution in [-0.4, -0.2) is 48.1 Å². The molecular formula is C23H24FNO5. The summed E-state index contributed by atoms with van der Waals surface area (Å²) in [5, 5.41) is 11.0. The molecule has 2 aromatic carbocycles. The van der Waals surface area contributed by atoms with E-state index in [1.54, 1.807) is 30.3 Å². The smallest absolute Gasteiger partial charge is 0.295 e. The van der Waals surface area contributed by atoms with E-state index in [-0.39, 0.29) is 36.2 Å². The number of ketones is 1. The summed E-state index contributed by atoms with van der Waals surface area (Å²) in [6.45, 7) is 3.96. The average Bonchev–Trinajstić information content (AvgIpc) is 2.98. The van der Waals surface area contributed by atoms with E-state index in [0.717, 1.165) is 0 Å². The van der Waals surface area contributed by atoms with Crippen molar-refractivity contribution in [3.8, 4) is 5.75 Å². The molecule has 1 aliphatic rings. The maximum atomic E-state index is 14.7. The predicted octanol–water partition coefficient (Wildman–Crippen LogP) is 3.68. The van der Waals surface area contributed by atoms with E-state index in [2.05, 4.69) is 0 Å². The van der Waals surface area contributed by atoms with E-state index in [1.807, 2.05) is 13.8 Å². The van der Waals surface area contributed by atoms with Gasteiger partial charge in [-0.25, -0.2) is 4.39 Å². The van der Waals surface area contributed by atoms with Crippen molar-refractivity contribution in [2.24, 2.45) is 0 Å². The van der Waals surface area contributed by atoms with Crippen molar-refractivity contribution in [2.45, 2.75) is 26.0 Å². The van der Waals surface area contributed by atoms with Gasteiger partial charge in [0.15, 0.2) is 0 Å². The first-order chi connectivity index (χ1) is 14.3.